The SMILES string of the molecule is CC(C)(C)OC(=O)NCCNC1CC(N)c2ccccc21. The highest BCUT2D eigenvalue weighted by Gasteiger charge is 2.27. The van der Waals surface area contributed by atoms with E-state index in [0.717, 1.165) is 6.42 Å². The number of fused-ring (bicyclic) bond motifs is 1. The molecule has 0 saturated heterocycles. The molecule has 2 unspecified atom stereocenters. The maximum absolute atomic E-state index is 11.5. The van der Waals surface area contributed by atoms with Gasteiger partial charge in [-0.1, -0.05) is 24.3 Å². The van der Waals surface area contributed by atoms with Gasteiger partial charge in [0.1, 0.15) is 5.60 Å². The molecule has 21 heavy (non-hydrogen) atoms. The van der Waals surface area contributed by atoms with E-state index in [0.29, 0.717) is 13.1 Å². The Morgan fingerprint density at radius 1 is 1.29 bits per heavy atom. The van der Waals surface area contributed by atoms with E-state index in [1.807, 2.05) is 32.9 Å². The fourth-order valence-electron chi connectivity index (χ4n) is 2.59. The highest BCUT2D eigenvalue weighted by Crippen LogP contribution is 2.36. The number of alkyl carbamates (subject to hydrolysis) is 1. The second-order valence-corrected chi connectivity index (χ2v) is 6.41. The Morgan fingerprint density at radius 2 is 1.95 bits per heavy atom. The Morgan fingerprint density at radius 3 is 2.62 bits per heavy atom. The van der Waals surface area contributed by atoms with Gasteiger partial charge in [-0.3, -0.25) is 0 Å². The number of nitrogens with two attached hydrogens (primary N) is 1. The number of rotatable bonds is 4. The van der Waals surface area contributed by atoms with Crippen molar-refractivity contribution in [3.63, 3.8) is 0 Å². The summed E-state index contributed by atoms with van der Waals surface area (Å²) in [7, 11) is 0. The molecule has 2 atom stereocenters. The van der Waals surface area contributed by atoms with Crippen molar-refractivity contribution < 1.29 is 9.53 Å². The summed E-state index contributed by atoms with van der Waals surface area (Å²) in [6, 6.07) is 8.60. The first-order valence-electron chi connectivity index (χ1n) is 7.41. The van der Waals surface area contributed by atoms with Gasteiger partial charge in [-0.2, -0.15) is 0 Å². The van der Waals surface area contributed by atoms with Crippen LogP contribution in [0.3, 0.4) is 0 Å². The van der Waals surface area contributed by atoms with Gasteiger partial charge in [0.05, 0.1) is 0 Å². The molecule has 1 amide bonds. The van der Waals surface area contributed by atoms with Crippen molar-refractivity contribution in [3.8, 4) is 0 Å². The minimum absolute atomic E-state index is 0.0949. The van der Waals surface area contributed by atoms with Gasteiger partial charge in [0.15, 0.2) is 0 Å². The van der Waals surface area contributed by atoms with E-state index < -0.39 is 5.60 Å². The third-order valence-corrected chi connectivity index (χ3v) is 3.44. The van der Waals surface area contributed by atoms with Gasteiger partial charge in [-0.05, 0) is 38.3 Å². The number of ether oxygens (including phenoxy) is 1. The van der Waals surface area contributed by atoms with Gasteiger partial charge in [0, 0.05) is 25.2 Å². The minimum Gasteiger partial charge on any atom is -0.444 e. The van der Waals surface area contributed by atoms with Crippen molar-refractivity contribution >= 4 is 6.09 Å². The number of carbonyl (C=O) groups is 1. The Kier molecular flexibility index (Phi) is 4.85. The van der Waals surface area contributed by atoms with Crippen molar-refractivity contribution in [1.29, 1.82) is 0 Å². The summed E-state index contributed by atoms with van der Waals surface area (Å²) >= 11 is 0. The third-order valence-electron chi connectivity index (χ3n) is 3.44. The second kappa shape index (κ2) is 6.45. The van der Waals surface area contributed by atoms with E-state index in [9.17, 15) is 4.79 Å². The van der Waals surface area contributed by atoms with Crippen LogP contribution < -0.4 is 16.4 Å². The van der Waals surface area contributed by atoms with Gasteiger partial charge in [0.2, 0.25) is 0 Å². The first kappa shape index (κ1) is 15.8. The molecule has 0 spiro atoms. The molecule has 0 aromatic heterocycles. The Hall–Kier alpha value is -1.59. The molecule has 4 N–H and O–H groups in total. The van der Waals surface area contributed by atoms with Crippen LogP contribution in [0, 0.1) is 0 Å². The predicted molar refractivity (Wildman–Crippen MR) is 83.0 cm³/mol. The van der Waals surface area contributed by atoms with Crippen molar-refractivity contribution in [3.05, 3.63) is 35.4 Å². The number of hydrogen-bond acceptors (Lipinski definition) is 4. The van der Waals surface area contributed by atoms with Gasteiger partial charge in [-0.15, -0.1) is 0 Å². The van der Waals surface area contributed by atoms with Crippen molar-refractivity contribution in [2.24, 2.45) is 5.73 Å². The van der Waals surface area contributed by atoms with Crippen LogP contribution in [-0.2, 0) is 4.74 Å². The van der Waals surface area contributed by atoms with Crippen LogP contribution in [-0.4, -0.2) is 24.8 Å². The molecule has 1 aliphatic rings. The molecular weight excluding hydrogens is 266 g/mol. The molecule has 0 fully saturated rings. The van der Waals surface area contributed by atoms with E-state index in [-0.39, 0.29) is 18.2 Å². The van der Waals surface area contributed by atoms with E-state index in [2.05, 4.69) is 22.8 Å². The van der Waals surface area contributed by atoms with Crippen molar-refractivity contribution in [2.45, 2.75) is 44.9 Å². The van der Waals surface area contributed by atoms with E-state index in [1.165, 1.54) is 11.1 Å². The summed E-state index contributed by atoms with van der Waals surface area (Å²) in [6.07, 6.45) is 0.513. The predicted octanol–water partition coefficient (Wildman–Crippen LogP) is 2.25. The van der Waals surface area contributed by atoms with E-state index in [4.69, 9.17) is 10.5 Å². The molecule has 0 saturated carbocycles. The average molecular weight is 291 g/mol. The van der Waals surface area contributed by atoms with Crippen LogP contribution in [0.4, 0.5) is 4.79 Å². The molecule has 1 aromatic carbocycles. The topological polar surface area (TPSA) is 76.4 Å². The second-order valence-electron chi connectivity index (χ2n) is 6.41. The molecule has 0 heterocycles. The molecule has 1 aliphatic carbocycles. The summed E-state index contributed by atoms with van der Waals surface area (Å²) in [5, 5.41) is 6.18. The maximum Gasteiger partial charge on any atom is 0.407 e. The molecule has 116 valence electrons. The van der Waals surface area contributed by atoms with Crippen molar-refractivity contribution in [2.75, 3.05) is 13.1 Å². The average Bonchev–Trinajstić information content (AvgIpc) is 2.70. The molecule has 5 heteroatoms. The van der Waals surface area contributed by atoms with Crippen molar-refractivity contribution in [1.82, 2.24) is 10.6 Å². The quantitative estimate of drug-likeness (QED) is 0.744. The van der Waals surface area contributed by atoms with Gasteiger partial charge < -0.3 is 21.1 Å². The first-order chi connectivity index (χ1) is 9.87. The molecule has 0 bridgehead atoms. The summed E-state index contributed by atoms with van der Waals surface area (Å²) < 4.78 is 5.19. The van der Waals surface area contributed by atoms with Crippen LogP contribution in [0.15, 0.2) is 24.3 Å². The zero-order chi connectivity index (χ0) is 15.5. The van der Waals surface area contributed by atoms with Gasteiger partial charge >= 0.3 is 6.09 Å². The lowest BCUT2D eigenvalue weighted by molar-refractivity contribution is 0.0528. The fourth-order valence-corrected chi connectivity index (χ4v) is 2.59. The first-order valence-corrected chi connectivity index (χ1v) is 7.41. The number of benzene rings is 1. The molecule has 1 aromatic rings. The Bertz CT molecular complexity index is 497. The largest absolute Gasteiger partial charge is 0.444 e. The van der Waals surface area contributed by atoms with Crippen LogP contribution in [0.1, 0.15) is 50.4 Å². The maximum atomic E-state index is 11.5. The highest BCUT2D eigenvalue weighted by atomic mass is 16.6. The third kappa shape index (κ3) is 4.44. The fraction of sp³-hybridized carbons (Fsp3) is 0.562. The van der Waals surface area contributed by atoms with Crippen LogP contribution in [0.5, 0.6) is 0 Å². The summed E-state index contributed by atoms with van der Waals surface area (Å²) in [5.74, 6) is 0. The number of carbonyl (C=O) groups excluding carboxylic acids is 1. The lowest BCUT2D eigenvalue weighted by Crippen LogP contribution is -2.37. The van der Waals surface area contributed by atoms with Crippen LogP contribution in [0.2, 0.25) is 0 Å². The smallest absolute Gasteiger partial charge is 0.407 e. The molecule has 0 radical (unpaired) electrons. The van der Waals surface area contributed by atoms with Crippen LogP contribution in [0.25, 0.3) is 0 Å². The Labute approximate surface area is 126 Å². The lowest BCUT2D eigenvalue weighted by atomic mass is 10.1. The lowest BCUT2D eigenvalue weighted by Gasteiger charge is -2.20. The highest BCUT2D eigenvalue weighted by molar-refractivity contribution is 5.67. The molecule has 5 nitrogen and oxygen atoms in total. The Balaban J connectivity index is 1.74. The number of amides is 1. The summed E-state index contributed by atoms with van der Waals surface area (Å²) in [6.45, 7) is 6.76. The normalized spacial score (nSPS) is 21.0. The minimum atomic E-state index is -0.464. The molecular formula is C16H25N3O2. The van der Waals surface area contributed by atoms with Gasteiger partial charge in [0.25, 0.3) is 0 Å². The summed E-state index contributed by atoms with van der Waals surface area (Å²) in [4.78, 5) is 11.5. The number of nitrogens with one attached hydrogen (secondary N) is 2. The molecule has 2 rings (SSSR count). The zero-order valence-corrected chi connectivity index (χ0v) is 13.0. The molecule has 0 aliphatic heterocycles. The van der Waals surface area contributed by atoms with E-state index in [1.54, 1.807) is 0 Å². The zero-order valence-electron chi connectivity index (χ0n) is 13.0. The number of hydrogen-bond donors (Lipinski definition) is 3. The monoisotopic (exact) mass is 291 g/mol. The standard InChI is InChI=1S/C16H25N3O2/c1-16(2,3)21-15(20)19-9-8-18-14-10-13(17)11-6-4-5-7-12(11)14/h4-7,13-14,18H,8-10,17H2,1-3H3,(H,19,20). The summed E-state index contributed by atoms with van der Waals surface area (Å²) in [5.41, 5.74) is 8.15. The van der Waals surface area contributed by atoms with E-state index >= 15 is 0 Å². The van der Waals surface area contributed by atoms with Gasteiger partial charge in [-0.25, -0.2) is 4.79 Å². The van der Waals surface area contributed by atoms with Crippen LogP contribution >= 0.6 is 0 Å².